The molecule has 0 atom stereocenters. The van der Waals surface area contributed by atoms with Crippen LogP contribution in [0, 0.1) is 5.41 Å². The van der Waals surface area contributed by atoms with Crippen LogP contribution >= 0.6 is 11.6 Å². The van der Waals surface area contributed by atoms with Gasteiger partial charge in [-0.2, -0.15) is 0 Å². The average molecular weight is 432 g/mol. The standard InChI is InChI=1S/C22H26ClN3O2S/c1-22(2,3)14-26-13-16(12-25-29(27,28)17-7-8-17)18-9-6-15(11-20(18)26)21-19(23)5-4-10-24-21/h4-6,9-11,13,17,25H,7-8,12,14H2,1-3H3. The first-order valence-corrected chi connectivity index (χ1v) is 11.8. The molecule has 1 aromatic carbocycles. The minimum Gasteiger partial charge on any atom is -0.347 e. The molecule has 0 spiro atoms. The van der Waals surface area contributed by atoms with E-state index < -0.39 is 10.0 Å². The summed E-state index contributed by atoms with van der Waals surface area (Å²) in [5.74, 6) is 0. The number of hydrogen-bond donors (Lipinski definition) is 1. The van der Waals surface area contributed by atoms with Crippen LogP contribution in [-0.2, 0) is 23.1 Å². The monoisotopic (exact) mass is 431 g/mol. The highest BCUT2D eigenvalue weighted by Crippen LogP contribution is 2.32. The number of hydrogen-bond acceptors (Lipinski definition) is 3. The zero-order chi connectivity index (χ0) is 20.8. The van der Waals surface area contributed by atoms with Crippen LogP contribution < -0.4 is 4.72 Å². The lowest BCUT2D eigenvalue weighted by Crippen LogP contribution is -2.26. The van der Waals surface area contributed by atoms with Gasteiger partial charge in [-0.3, -0.25) is 4.98 Å². The topological polar surface area (TPSA) is 64.0 Å². The van der Waals surface area contributed by atoms with Gasteiger partial charge in [0.2, 0.25) is 10.0 Å². The van der Waals surface area contributed by atoms with E-state index in [0.717, 1.165) is 47.1 Å². The molecule has 5 nitrogen and oxygen atoms in total. The first-order chi connectivity index (χ1) is 13.6. The maximum absolute atomic E-state index is 12.3. The second kappa shape index (κ2) is 7.42. The molecule has 2 aromatic heterocycles. The van der Waals surface area contributed by atoms with Crippen LogP contribution in [0.3, 0.4) is 0 Å². The zero-order valence-corrected chi connectivity index (χ0v) is 18.5. The van der Waals surface area contributed by atoms with Crippen molar-refractivity contribution in [3.8, 4) is 11.3 Å². The van der Waals surface area contributed by atoms with Crippen LogP contribution in [0.25, 0.3) is 22.2 Å². The highest BCUT2D eigenvalue weighted by molar-refractivity contribution is 7.90. The Balaban J connectivity index is 1.75. The molecule has 1 aliphatic carbocycles. The smallest absolute Gasteiger partial charge is 0.214 e. The van der Waals surface area contributed by atoms with E-state index in [1.807, 2.05) is 24.3 Å². The van der Waals surface area contributed by atoms with Gasteiger partial charge < -0.3 is 4.57 Å². The Kier molecular flexibility index (Phi) is 5.21. The summed E-state index contributed by atoms with van der Waals surface area (Å²) in [7, 11) is -3.22. The Morgan fingerprint density at radius 1 is 1.24 bits per heavy atom. The van der Waals surface area contributed by atoms with Crippen LogP contribution in [0.5, 0.6) is 0 Å². The maximum atomic E-state index is 12.3. The van der Waals surface area contributed by atoms with Gasteiger partial charge in [0.25, 0.3) is 0 Å². The molecule has 7 heteroatoms. The van der Waals surface area contributed by atoms with Gasteiger partial charge in [0.05, 0.1) is 16.0 Å². The number of nitrogens with one attached hydrogen (secondary N) is 1. The van der Waals surface area contributed by atoms with E-state index in [2.05, 4.69) is 47.3 Å². The summed E-state index contributed by atoms with van der Waals surface area (Å²) in [4.78, 5) is 4.43. The predicted molar refractivity (Wildman–Crippen MR) is 118 cm³/mol. The molecular weight excluding hydrogens is 406 g/mol. The summed E-state index contributed by atoms with van der Waals surface area (Å²) in [5, 5.41) is 1.44. The van der Waals surface area contributed by atoms with E-state index >= 15 is 0 Å². The van der Waals surface area contributed by atoms with E-state index in [9.17, 15) is 8.42 Å². The van der Waals surface area contributed by atoms with Gasteiger partial charge in [-0.05, 0) is 42.0 Å². The highest BCUT2D eigenvalue weighted by Gasteiger charge is 2.35. The molecule has 1 fully saturated rings. The average Bonchev–Trinajstić information content (AvgIpc) is 3.45. The molecule has 29 heavy (non-hydrogen) atoms. The molecule has 0 radical (unpaired) electrons. The van der Waals surface area contributed by atoms with Gasteiger partial charge in [-0.1, -0.05) is 44.5 Å². The van der Waals surface area contributed by atoms with E-state index in [1.54, 1.807) is 6.20 Å². The zero-order valence-electron chi connectivity index (χ0n) is 16.9. The number of benzene rings is 1. The van der Waals surface area contributed by atoms with Crippen molar-refractivity contribution in [1.82, 2.24) is 14.3 Å². The number of nitrogens with zero attached hydrogens (tertiary/aromatic N) is 2. The highest BCUT2D eigenvalue weighted by atomic mass is 35.5. The number of aromatic nitrogens is 2. The number of pyridine rings is 1. The molecule has 1 aliphatic rings. The van der Waals surface area contributed by atoms with Crippen molar-refractivity contribution in [2.75, 3.05) is 0 Å². The number of rotatable bonds is 6. The van der Waals surface area contributed by atoms with Gasteiger partial charge in [-0.25, -0.2) is 13.1 Å². The third kappa shape index (κ3) is 4.49. The van der Waals surface area contributed by atoms with E-state index in [4.69, 9.17) is 11.6 Å². The third-order valence-electron chi connectivity index (χ3n) is 5.07. The second-order valence-electron chi connectivity index (χ2n) is 8.97. The molecule has 1 N–H and O–H groups in total. The largest absolute Gasteiger partial charge is 0.347 e. The quantitative estimate of drug-likeness (QED) is 0.598. The normalized spacial score (nSPS) is 15.2. The Bertz CT molecular complexity index is 1160. The van der Waals surface area contributed by atoms with Gasteiger partial charge in [0, 0.05) is 41.9 Å². The van der Waals surface area contributed by atoms with Crippen LogP contribution in [0.2, 0.25) is 5.02 Å². The molecule has 0 aliphatic heterocycles. The lowest BCUT2D eigenvalue weighted by atomic mass is 9.97. The molecule has 3 aromatic rings. The summed E-state index contributed by atoms with van der Waals surface area (Å²) in [6.07, 6.45) is 5.32. The predicted octanol–water partition coefficient (Wildman–Crippen LogP) is 4.98. The second-order valence-corrected chi connectivity index (χ2v) is 11.4. The van der Waals surface area contributed by atoms with Gasteiger partial charge in [-0.15, -0.1) is 0 Å². The van der Waals surface area contributed by atoms with Gasteiger partial charge in [0.15, 0.2) is 0 Å². The fraction of sp³-hybridized carbons (Fsp3) is 0.409. The fourth-order valence-corrected chi connectivity index (χ4v) is 5.15. The summed E-state index contributed by atoms with van der Waals surface area (Å²) >= 11 is 6.35. The van der Waals surface area contributed by atoms with Crippen LogP contribution in [0.1, 0.15) is 39.2 Å². The van der Waals surface area contributed by atoms with E-state index in [0.29, 0.717) is 11.6 Å². The Hall–Kier alpha value is -1.89. The first kappa shape index (κ1) is 20.4. The fourth-order valence-electron chi connectivity index (χ4n) is 3.57. The SMILES string of the molecule is CC(C)(C)Cn1cc(CNS(=O)(=O)C2CC2)c2ccc(-c3ncccc3Cl)cc21. The summed E-state index contributed by atoms with van der Waals surface area (Å²) in [5.41, 5.74) is 3.80. The molecule has 1 saturated carbocycles. The van der Waals surface area contributed by atoms with E-state index in [-0.39, 0.29) is 10.7 Å². The van der Waals surface area contributed by atoms with E-state index in [1.165, 1.54) is 0 Å². The van der Waals surface area contributed by atoms with Gasteiger partial charge >= 0.3 is 0 Å². The van der Waals surface area contributed by atoms with Crippen LogP contribution in [0.15, 0.2) is 42.7 Å². The Morgan fingerprint density at radius 2 is 2.00 bits per heavy atom. The van der Waals surface area contributed by atoms with Crippen molar-refractivity contribution in [3.05, 3.63) is 53.3 Å². The number of halogens is 1. The van der Waals surface area contributed by atoms with Crippen LogP contribution in [-0.4, -0.2) is 23.2 Å². The number of fused-ring (bicyclic) bond motifs is 1. The van der Waals surface area contributed by atoms with Crippen molar-refractivity contribution in [2.24, 2.45) is 5.41 Å². The molecule has 0 amide bonds. The van der Waals surface area contributed by atoms with Gasteiger partial charge in [0.1, 0.15) is 0 Å². The molecule has 0 unspecified atom stereocenters. The Morgan fingerprint density at radius 3 is 2.66 bits per heavy atom. The molecular formula is C22H26ClN3O2S. The van der Waals surface area contributed by atoms with Crippen molar-refractivity contribution in [2.45, 2.75) is 52.0 Å². The summed E-state index contributed by atoms with van der Waals surface area (Å²) in [6, 6.07) is 9.78. The summed E-state index contributed by atoms with van der Waals surface area (Å²) in [6.45, 7) is 7.68. The Labute approximate surface area is 177 Å². The van der Waals surface area contributed by atoms with Crippen molar-refractivity contribution in [1.29, 1.82) is 0 Å². The molecule has 0 saturated heterocycles. The summed E-state index contributed by atoms with van der Waals surface area (Å²) < 4.78 is 29.5. The molecule has 4 rings (SSSR count). The minimum atomic E-state index is -3.22. The van der Waals surface area contributed by atoms with Crippen molar-refractivity contribution >= 4 is 32.5 Å². The molecule has 0 bridgehead atoms. The third-order valence-corrected chi connectivity index (χ3v) is 7.27. The minimum absolute atomic E-state index is 0.0788. The van der Waals surface area contributed by atoms with Crippen molar-refractivity contribution in [3.63, 3.8) is 0 Å². The first-order valence-electron chi connectivity index (χ1n) is 9.85. The molecule has 2 heterocycles. The molecule has 154 valence electrons. The lowest BCUT2D eigenvalue weighted by molar-refractivity contribution is 0.349. The van der Waals surface area contributed by atoms with Crippen molar-refractivity contribution < 1.29 is 8.42 Å². The van der Waals surface area contributed by atoms with Crippen LogP contribution in [0.4, 0.5) is 0 Å². The number of sulfonamides is 1. The lowest BCUT2D eigenvalue weighted by Gasteiger charge is -2.20. The maximum Gasteiger partial charge on any atom is 0.214 e.